The first kappa shape index (κ1) is 22.6. The van der Waals surface area contributed by atoms with Crippen molar-refractivity contribution in [2.45, 2.75) is 24.8 Å². The van der Waals surface area contributed by atoms with Crippen LogP contribution in [0.25, 0.3) is 0 Å². The Hall–Kier alpha value is -2.55. The number of amides is 1. The van der Waals surface area contributed by atoms with Gasteiger partial charge in [-0.1, -0.05) is 29.8 Å². The molecule has 9 heteroatoms. The van der Waals surface area contributed by atoms with Gasteiger partial charge in [-0.15, -0.1) is 11.3 Å². The van der Waals surface area contributed by atoms with E-state index < -0.39 is 10.0 Å². The van der Waals surface area contributed by atoms with Crippen molar-refractivity contribution in [3.8, 4) is 5.75 Å². The predicted molar refractivity (Wildman–Crippen MR) is 127 cm³/mol. The summed E-state index contributed by atoms with van der Waals surface area (Å²) in [4.78, 5) is 16.0. The third-order valence-corrected chi connectivity index (χ3v) is 8.50. The number of thiophene rings is 1. The summed E-state index contributed by atoms with van der Waals surface area (Å²) in [5.41, 5.74) is 1.89. The van der Waals surface area contributed by atoms with Gasteiger partial charge < -0.3 is 9.64 Å². The van der Waals surface area contributed by atoms with Crippen LogP contribution in [0.2, 0.25) is 4.34 Å². The number of para-hydroxylation sites is 1. The highest BCUT2D eigenvalue weighted by Gasteiger charge is 2.32. The maximum Gasteiger partial charge on any atom is 0.264 e. The van der Waals surface area contributed by atoms with Crippen LogP contribution in [0.3, 0.4) is 0 Å². The van der Waals surface area contributed by atoms with Crippen LogP contribution in [-0.4, -0.2) is 39.4 Å². The van der Waals surface area contributed by atoms with Crippen molar-refractivity contribution >= 4 is 44.6 Å². The van der Waals surface area contributed by atoms with Gasteiger partial charge in [-0.2, -0.15) is 0 Å². The second-order valence-electron chi connectivity index (χ2n) is 7.34. The molecule has 1 aliphatic rings. The first-order valence-electron chi connectivity index (χ1n) is 10.2. The van der Waals surface area contributed by atoms with E-state index in [1.165, 1.54) is 41.0 Å². The Balaban J connectivity index is 1.69. The standard InChI is InChI=1S/C23H23ClN2O4S2/c1-3-25(15-17-8-11-22(24)31-17)23(27)19-14-18(9-10-21(19)30-2)32(28,29)26-13-12-16-6-4-5-7-20(16)26/h4-11,14H,3,12-13,15H2,1-2H3. The van der Waals surface area contributed by atoms with E-state index in [0.717, 1.165) is 10.4 Å². The summed E-state index contributed by atoms with van der Waals surface area (Å²) in [6, 6.07) is 15.6. The Morgan fingerprint density at radius 1 is 1.19 bits per heavy atom. The Morgan fingerprint density at radius 2 is 1.97 bits per heavy atom. The fraction of sp³-hybridized carbons (Fsp3) is 0.261. The maximum absolute atomic E-state index is 13.5. The van der Waals surface area contributed by atoms with Crippen molar-refractivity contribution in [1.29, 1.82) is 0 Å². The fourth-order valence-corrected chi connectivity index (χ4v) is 6.46. The van der Waals surface area contributed by atoms with E-state index in [2.05, 4.69) is 0 Å². The molecule has 0 saturated carbocycles. The summed E-state index contributed by atoms with van der Waals surface area (Å²) in [7, 11) is -2.36. The number of rotatable bonds is 7. The smallest absolute Gasteiger partial charge is 0.264 e. The van der Waals surface area contributed by atoms with E-state index in [1.807, 2.05) is 31.2 Å². The number of ether oxygens (including phenoxy) is 1. The number of sulfonamides is 1. The molecule has 3 aromatic rings. The van der Waals surface area contributed by atoms with Gasteiger partial charge in [0.1, 0.15) is 5.75 Å². The SMILES string of the molecule is CCN(Cc1ccc(Cl)s1)C(=O)c1cc(S(=O)(=O)N2CCc3ccccc32)ccc1OC. The molecule has 4 rings (SSSR count). The van der Waals surface area contributed by atoms with Crippen molar-refractivity contribution in [3.05, 3.63) is 74.9 Å². The molecule has 32 heavy (non-hydrogen) atoms. The molecule has 2 heterocycles. The first-order chi connectivity index (χ1) is 15.3. The number of hydrogen-bond acceptors (Lipinski definition) is 5. The van der Waals surface area contributed by atoms with Crippen LogP contribution in [0.15, 0.2) is 59.5 Å². The summed E-state index contributed by atoms with van der Waals surface area (Å²) in [6.45, 7) is 3.08. The van der Waals surface area contributed by atoms with Crippen molar-refractivity contribution in [1.82, 2.24) is 4.90 Å². The molecule has 0 unspecified atom stereocenters. The van der Waals surface area contributed by atoms with Gasteiger partial charge in [0.05, 0.1) is 34.1 Å². The summed E-state index contributed by atoms with van der Waals surface area (Å²) >= 11 is 7.43. The summed E-state index contributed by atoms with van der Waals surface area (Å²) < 4.78 is 34.4. The highest BCUT2D eigenvalue weighted by molar-refractivity contribution is 7.92. The molecule has 0 saturated heterocycles. The molecule has 0 bridgehead atoms. The lowest BCUT2D eigenvalue weighted by molar-refractivity contribution is 0.0750. The third-order valence-electron chi connectivity index (χ3n) is 5.48. The minimum Gasteiger partial charge on any atom is -0.496 e. The zero-order chi connectivity index (χ0) is 22.9. The van der Waals surface area contributed by atoms with Crippen LogP contribution in [0.5, 0.6) is 5.75 Å². The largest absolute Gasteiger partial charge is 0.496 e. The van der Waals surface area contributed by atoms with Crippen molar-refractivity contribution in [2.24, 2.45) is 0 Å². The van der Waals surface area contributed by atoms with Gasteiger partial charge >= 0.3 is 0 Å². The number of hydrogen-bond donors (Lipinski definition) is 0. The number of fused-ring (bicyclic) bond motifs is 1. The van der Waals surface area contributed by atoms with Crippen LogP contribution < -0.4 is 9.04 Å². The van der Waals surface area contributed by atoms with Crippen LogP contribution in [0.1, 0.15) is 27.7 Å². The lowest BCUT2D eigenvalue weighted by Gasteiger charge is -2.23. The number of methoxy groups -OCH3 is 1. The molecule has 0 spiro atoms. The van der Waals surface area contributed by atoms with Gasteiger partial charge in [0.2, 0.25) is 0 Å². The molecular weight excluding hydrogens is 468 g/mol. The molecule has 1 aliphatic heterocycles. The highest BCUT2D eigenvalue weighted by atomic mass is 35.5. The topological polar surface area (TPSA) is 66.9 Å². The van der Waals surface area contributed by atoms with Crippen LogP contribution in [-0.2, 0) is 23.0 Å². The normalized spacial score (nSPS) is 13.2. The summed E-state index contributed by atoms with van der Waals surface area (Å²) in [5.74, 6) is 0.0335. The molecule has 0 atom stereocenters. The molecule has 2 aromatic carbocycles. The maximum atomic E-state index is 13.5. The molecule has 0 fully saturated rings. The number of carbonyl (C=O) groups is 1. The number of carbonyl (C=O) groups excluding carboxylic acids is 1. The van der Waals surface area contributed by atoms with Crippen molar-refractivity contribution in [2.75, 3.05) is 24.5 Å². The zero-order valence-corrected chi connectivity index (χ0v) is 20.1. The molecule has 0 radical (unpaired) electrons. The van der Waals surface area contributed by atoms with Crippen LogP contribution in [0.4, 0.5) is 5.69 Å². The summed E-state index contributed by atoms with van der Waals surface area (Å²) in [6.07, 6.45) is 0.657. The highest BCUT2D eigenvalue weighted by Crippen LogP contribution is 2.34. The van der Waals surface area contributed by atoms with Crippen molar-refractivity contribution in [3.63, 3.8) is 0 Å². The molecule has 1 amide bonds. The third kappa shape index (κ3) is 4.22. The second-order valence-corrected chi connectivity index (χ2v) is 11.0. The second kappa shape index (κ2) is 9.13. The van der Waals surface area contributed by atoms with E-state index in [1.54, 1.807) is 17.0 Å². The van der Waals surface area contributed by atoms with E-state index in [4.69, 9.17) is 16.3 Å². The van der Waals surface area contributed by atoms with Gasteiger partial charge in [-0.3, -0.25) is 9.10 Å². The monoisotopic (exact) mass is 490 g/mol. The Bertz CT molecular complexity index is 1260. The van der Waals surface area contributed by atoms with E-state index in [9.17, 15) is 13.2 Å². The minimum atomic E-state index is -3.83. The van der Waals surface area contributed by atoms with Gasteiger partial charge in [0, 0.05) is 18.0 Å². The number of benzene rings is 2. The van der Waals surface area contributed by atoms with Crippen LogP contribution >= 0.6 is 22.9 Å². The van der Waals surface area contributed by atoms with E-state index >= 15 is 0 Å². The van der Waals surface area contributed by atoms with Gasteiger partial charge in [-0.25, -0.2) is 8.42 Å². The number of nitrogens with zero attached hydrogens (tertiary/aromatic N) is 2. The Kier molecular flexibility index (Phi) is 6.46. The summed E-state index contributed by atoms with van der Waals surface area (Å²) in [5, 5.41) is 0. The predicted octanol–water partition coefficient (Wildman–Crippen LogP) is 4.82. The fourth-order valence-electron chi connectivity index (χ4n) is 3.82. The Labute approximate surface area is 197 Å². The van der Waals surface area contributed by atoms with Crippen LogP contribution in [0, 0.1) is 0 Å². The number of halogens is 1. The molecule has 1 aromatic heterocycles. The van der Waals surface area contributed by atoms with Gasteiger partial charge in [0.15, 0.2) is 0 Å². The molecular formula is C23H23ClN2O4S2. The lowest BCUT2D eigenvalue weighted by atomic mass is 10.1. The molecule has 0 aliphatic carbocycles. The van der Waals surface area contributed by atoms with E-state index in [-0.39, 0.29) is 16.4 Å². The molecule has 168 valence electrons. The molecule has 0 N–H and O–H groups in total. The van der Waals surface area contributed by atoms with Gasteiger partial charge in [-0.05, 0) is 55.3 Å². The Morgan fingerprint density at radius 3 is 2.66 bits per heavy atom. The molecule has 6 nitrogen and oxygen atoms in total. The number of anilines is 1. The van der Waals surface area contributed by atoms with Gasteiger partial charge in [0.25, 0.3) is 15.9 Å². The minimum absolute atomic E-state index is 0.0635. The van der Waals surface area contributed by atoms with E-state index in [0.29, 0.717) is 41.8 Å². The lowest BCUT2D eigenvalue weighted by Crippen LogP contribution is -2.31. The first-order valence-corrected chi connectivity index (χ1v) is 12.8. The zero-order valence-electron chi connectivity index (χ0n) is 17.7. The quantitative estimate of drug-likeness (QED) is 0.476. The average molecular weight is 491 g/mol. The average Bonchev–Trinajstić information content (AvgIpc) is 3.42. The van der Waals surface area contributed by atoms with Crippen molar-refractivity contribution < 1.29 is 17.9 Å².